The first-order valence-electron chi connectivity index (χ1n) is 5.18. The minimum absolute atomic E-state index is 0.230. The van der Waals surface area contributed by atoms with Crippen molar-refractivity contribution >= 4 is 0 Å². The Morgan fingerprint density at radius 2 is 2.23 bits per heavy atom. The average Bonchev–Trinajstić information content (AvgIpc) is 2.05. The third-order valence-electron chi connectivity index (χ3n) is 2.79. The van der Waals surface area contributed by atoms with Crippen molar-refractivity contribution in [1.29, 1.82) is 0 Å². The molecule has 0 bridgehead atoms. The topological polar surface area (TPSA) is 12.0 Å². The van der Waals surface area contributed by atoms with E-state index < -0.39 is 0 Å². The lowest BCUT2D eigenvalue weighted by Gasteiger charge is -2.31. The Balaban J connectivity index is 2.71. The Morgan fingerprint density at radius 3 is 2.62 bits per heavy atom. The van der Waals surface area contributed by atoms with Gasteiger partial charge in [0, 0.05) is 5.54 Å². The van der Waals surface area contributed by atoms with Crippen LogP contribution in [0.5, 0.6) is 0 Å². The highest BCUT2D eigenvalue weighted by molar-refractivity contribution is 5.30. The van der Waals surface area contributed by atoms with E-state index in [2.05, 4.69) is 45.2 Å². The van der Waals surface area contributed by atoms with Crippen LogP contribution in [0.2, 0.25) is 0 Å². The highest BCUT2D eigenvalue weighted by atomic mass is 14.9. The molecule has 0 heterocycles. The van der Waals surface area contributed by atoms with Crippen LogP contribution in [0, 0.1) is 0 Å². The molecular weight excluding hydrogens is 158 g/mol. The molecule has 13 heavy (non-hydrogen) atoms. The fourth-order valence-electron chi connectivity index (χ4n) is 1.81. The van der Waals surface area contributed by atoms with Gasteiger partial charge in [0.25, 0.3) is 0 Å². The predicted octanol–water partition coefficient (Wildman–Crippen LogP) is 3.04. The average molecular weight is 179 g/mol. The number of rotatable bonds is 2. The third kappa shape index (κ3) is 2.70. The molecule has 0 radical (unpaired) electrons. The maximum Gasteiger partial charge on any atom is 0.0341 e. The minimum Gasteiger partial charge on any atom is -0.308 e. The van der Waals surface area contributed by atoms with Crippen molar-refractivity contribution in [3.05, 3.63) is 23.3 Å². The minimum atomic E-state index is 0.230. The van der Waals surface area contributed by atoms with Gasteiger partial charge in [-0.2, -0.15) is 0 Å². The van der Waals surface area contributed by atoms with Crippen molar-refractivity contribution in [2.24, 2.45) is 0 Å². The molecule has 1 unspecified atom stereocenters. The summed E-state index contributed by atoms with van der Waals surface area (Å²) in [6.07, 6.45) is 7.02. The molecule has 0 aromatic heterocycles. The van der Waals surface area contributed by atoms with Crippen molar-refractivity contribution < 1.29 is 0 Å². The summed E-state index contributed by atoms with van der Waals surface area (Å²) in [4.78, 5) is 0. The fraction of sp³-hybridized carbons (Fsp3) is 0.667. The van der Waals surface area contributed by atoms with Gasteiger partial charge in [0.1, 0.15) is 0 Å². The van der Waals surface area contributed by atoms with Crippen LogP contribution in [0.25, 0.3) is 0 Å². The lowest BCUT2D eigenvalue weighted by Crippen LogP contribution is -2.41. The molecule has 1 aliphatic rings. The van der Waals surface area contributed by atoms with Crippen LogP contribution >= 0.6 is 0 Å². The van der Waals surface area contributed by atoms with Gasteiger partial charge in [0.05, 0.1) is 0 Å². The SMILES string of the molecule is CCNC1(C)C=CC(=C(C)C)CC1. The van der Waals surface area contributed by atoms with E-state index in [1.165, 1.54) is 24.0 Å². The van der Waals surface area contributed by atoms with Crippen LogP contribution in [-0.2, 0) is 0 Å². The van der Waals surface area contributed by atoms with E-state index in [4.69, 9.17) is 0 Å². The highest BCUT2D eigenvalue weighted by Crippen LogP contribution is 2.26. The van der Waals surface area contributed by atoms with E-state index in [1.54, 1.807) is 0 Å². The molecule has 0 amide bonds. The highest BCUT2D eigenvalue weighted by Gasteiger charge is 2.22. The van der Waals surface area contributed by atoms with Crippen molar-refractivity contribution in [2.45, 2.75) is 46.1 Å². The van der Waals surface area contributed by atoms with Crippen LogP contribution in [0.1, 0.15) is 40.5 Å². The standard InChI is InChI=1S/C12H21N/c1-5-13-12(4)8-6-11(7-9-12)10(2)3/h6,8,13H,5,7,9H2,1-4H3. The maximum absolute atomic E-state index is 3.51. The van der Waals surface area contributed by atoms with Gasteiger partial charge >= 0.3 is 0 Å². The molecule has 0 aromatic carbocycles. The van der Waals surface area contributed by atoms with E-state index in [9.17, 15) is 0 Å². The van der Waals surface area contributed by atoms with E-state index in [0.29, 0.717) is 0 Å². The van der Waals surface area contributed by atoms with E-state index >= 15 is 0 Å². The molecule has 1 nitrogen and oxygen atoms in total. The number of hydrogen-bond donors (Lipinski definition) is 1. The van der Waals surface area contributed by atoms with Gasteiger partial charge in [-0.1, -0.05) is 24.6 Å². The molecule has 1 rings (SSSR count). The van der Waals surface area contributed by atoms with Gasteiger partial charge in [0.15, 0.2) is 0 Å². The lowest BCUT2D eigenvalue weighted by atomic mass is 9.85. The fourth-order valence-corrected chi connectivity index (χ4v) is 1.81. The monoisotopic (exact) mass is 179 g/mol. The van der Waals surface area contributed by atoms with Gasteiger partial charge in [-0.25, -0.2) is 0 Å². The first-order valence-corrected chi connectivity index (χ1v) is 5.18. The molecule has 74 valence electrons. The van der Waals surface area contributed by atoms with Crippen molar-refractivity contribution in [3.8, 4) is 0 Å². The van der Waals surface area contributed by atoms with Crippen LogP contribution in [0.4, 0.5) is 0 Å². The zero-order valence-corrected chi connectivity index (χ0v) is 9.28. The van der Waals surface area contributed by atoms with E-state index in [-0.39, 0.29) is 5.54 Å². The molecule has 0 aliphatic heterocycles. The van der Waals surface area contributed by atoms with Crippen LogP contribution in [-0.4, -0.2) is 12.1 Å². The Kier molecular flexibility index (Phi) is 3.32. The second-order valence-corrected chi connectivity index (χ2v) is 4.31. The van der Waals surface area contributed by atoms with Crippen LogP contribution in [0.3, 0.4) is 0 Å². The lowest BCUT2D eigenvalue weighted by molar-refractivity contribution is 0.410. The van der Waals surface area contributed by atoms with Crippen LogP contribution < -0.4 is 5.32 Å². The third-order valence-corrected chi connectivity index (χ3v) is 2.79. The maximum atomic E-state index is 3.51. The summed E-state index contributed by atoms with van der Waals surface area (Å²) in [7, 11) is 0. The summed E-state index contributed by atoms with van der Waals surface area (Å²) in [5.41, 5.74) is 3.19. The molecule has 0 spiro atoms. The van der Waals surface area contributed by atoms with E-state index in [0.717, 1.165) is 6.54 Å². The molecular formula is C12H21N. The predicted molar refractivity (Wildman–Crippen MR) is 58.8 cm³/mol. The van der Waals surface area contributed by atoms with Crippen molar-refractivity contribution in [2.75, 3.05) is 6.54 Å². The van der Waals surface area contributed by atoms with Gasteiger partial charge in [-0.15, -0.1) is 0 Å². The first kappa shape index (κ1) is 10.5. The Labute approximate surface area is 81.9 Å². The molecule has 1 heteroatoms. The van der Waals surface area contributed by atoms with E-state index in [1.807, 2.05) is 0 Å². The molecule has 0 saturated heterocycles. The summed E-state index contributed by atoms with van der Waals surface area (Å²) in [5, 5.41) is 3.51. The van der Waals surface area contributed by atoms with Crippen molar-refractivity contribution in [3.63, 3.8) is 0 Å². The van der Waals surface area contributed by atoms with Gasteiger partial charge < -0.3 is 5.32 Å². The zero-order valence-electron chi connectivity index (χ0n) is 9.28. The molecule has 1 atom stereocenters. The largest absolute Gasteiger partial charge is 0.308 e. The molecule has 0 fully saturated rings. The summed E-state index contributed by atoms with van der Waals surface area (Å²) in [5.74, 6) is 0. The first-order chi connectivity index (χ1) is 6.07. The number of nitrogens with one attached hydrogen (secondary N) is 1. The van der Waals surface area contributed by atoms with Crippen molar-refractivity contribution in [1.82, 2.24) is 5.32 Å². The second kappa shape index (κ2) is 4.10. The van der Waals surface area contributed by atoms with Crippen LogP contribution in [0.15, 0.2) is 23.3 Å². The zero-order chi connectivity index (χ0) is 9.90. The molecule has 0 saturated carbocycles. The number of likely N-dealkylation sites (N-methyl/N-ethyl adjacent to an activating group) is 1. The Morgan fingerprint density at radius 1 is 1.54 bits per heavy atom. The molecule has 1 aliphatic carbocycles. The summed E-state index contributed by atoms with van der Waals surface area (Å²) in [6, 6.07) is 0. The quantitative estimate of drug-likeness (QED) is 0.687. The van der Waals surface area contributed by atoms with Gasteiger partial charge in [-0.3, -0.25) is 0 Å². The number of allylic oxidation sites excluding steroid dienone is 3. The smallest absolute Gasteiger partial charge is 0.0341 e. The molecule has 0 aromatic rings. The second-order valence-electron chi connectivity index (χ2n) is 4.31. The Bertz CT molecular complexity index is 234. The number of hydrogen-bond acceptors (Lipinski definition) is 1. The van der Waals surface area contributed by atoms with Gasteiger partial charge in [0.2, 0.25) is 0 Å². The van der Waals surface area contributed by atoms with Gasteiger partial charge in [-0.05, 0) is 45.7 Å². The summed E-state index contributed by atoms with van der Waals surface area (Å²) >= 11 is 0. The summed E-state index contributed by atoms with van der Waals surface area (Å²) in [6.45, 7) is 9.86. The molecule has 1 N–H and O–H groups in total. The Hall–Kier alpha value is -0.560. The summed E-state index contributed by atoms with van der Waals surface area (Å²) < 4.78 is 0. The normalized spacial score (nSPS) is 27.8.